The number of carbonyl (C=O) groups excluding carboxylic acids is 1. The normalized spacial score (nSPS) is 14.3. The van der Waals surface area contributed by atoms with Gasteiger partial charge in [0.05, 0.1) is 19.8 Å². The Bertz CT molecular complexity index is 465. The molecule has 0 aliphatic rings. The highest BCUT2D eigenvalue weighted by Crippen LogP contribution is 2.42. The summed E-state index contributed by atoms with van der Waals surface area (Å²) in [6, 6.07) is 0. The summed E-state index contributed by atoms with van der Waals surface area (Å²) < 4.78 is 25.9. The molecule has 0 aliphatic heterocycles. The molecule has 4 N–H and O–H groups in total. The Hall–Kier alpha value is -0.500. The van der Waals surface area contributed by atoms with E-state index >= 15 is 0 Å². The van der Waals surface area contributed by atoms with E-state index in [1.807, 2.05) is 0 Å². The summed E-state index contributed by atoms with van der Waals surface area (Å²) in [5, 5.41) is 9.25. The van der Waals surface area contributed by atoms with Crippen molar-refractivity contribution >= 4 is 13.8 Å². The number of rotatable bonds is 23. The summed E-state index contributed by atoms with van der Waals surface area (Å²) in [6.45, 7) is 1.28. The second-order valence-corrected chi connectivity index (χ2v) is 9.48. The second kappa shape index (κ2) is 21.4. The number of phosphoric ester groups is 1. The van der Waals surface area contributed by atoms with E-state index in [0.29, 0.717) is 0 Å². The average molecular weight is 468 g/mol. The Labute approximate surface area is 188 Å². The van der Waals surface area contributed by atoms with Gasteiger partial charge in [0.25, 0.3) is 0 Å². The van der Waals surface area contributed by atoms with Crippen molar-refractivity contribution in [3.63, 3.8) is 0 Å². The second-order valence-electron chi connectivity index (χ2n) is 8.03. The molecule has 0 spiro atoms. The maximum atomic E-state index is 11.9. The lowest BCUT2D eigenvalue weighted by Gasteiger charge is -2.17. The summed E-state index contributed by atoms with van der Waals surface area (Å²) >= 11 is 0. The number of aliphatic hydroxyl groups excluding tert-OH is 1. The number of phosphoric acid groups is 1. The van der Waals surface area contributed by atoms with Crippen LogP contribution in [0.3, 0.4) is 0 Å². The molecule has 8 nitrogen and oxygen atoms in total. The Kier molecular flexibility index (Phi) is 21.0. The van der Waals surface area contributed by atoms with Crippen LogP contribution in [0.25, 0.3) is 0 Å². The molecule has 0 saturated heterocycles. The third-order valence-corrected chi connectivity index (χ3v) is 6.02. The molecule has 0 rings (SSSR count). The molecule has 0 radical (unpaired) electrons. The first-order valence-electron chi connectivity index (χ1n) is 12.1. The van der Waals surface area contributed by atoms with Crippen molar-refractivity contribution < 1.29 is 33.1 Å². The minimum Gasteiger partial charge on any atom is -0.457 e. The van der Waals surface area contributed by atoms with Crippen LogP contribution in [-0.2, 0) is 23.1 Å². The fraction of sp³-hybridized carbons (Fsp3) is 0.955. The SMILES string of the molecule is CCCCCCCCCCCCCCCCC(=O)OC(CO)COP(=O)(O)OCCN. The Morgan fingerprint density at radius 2 is 1.35 bits per heavy atom. The first-order chi connectivity index (χ1) is 14.9. The number of hydrogen-bond donors (Lipinski definition) is 3. The number of carbonyl (C=O) groups is 1. The van der Waals surface area contributed by atoms with E-state index in [4.69, 9.17) is 15.0 Å². The van der Waals surface area contributed by atoms with Gasteiger partial charge < -0.3 is 20.5 Å². The van der Waals surface area contributed by atoms with Gasteiger partial charge in [-0.05, 0) is 6.42 Å². The summed E-state index contributed by atoms with van der Waals surface area (Å²) in [5.41, 5.74) is 5.19. The highest BCUT2D eigenvalue weighted by molar-refractivity contribution is 7.47. The lowest BCUT2D eigenvalue weighted by atomic mass is 10.0. The fourth-order valence-electron chi connectivity index (χ4n) is 3.22. The Morgan fingerprint density at radius 1 is 0.871 bits per heavy atom. The van der Waals surface area contributed by atoms with E-state index in [2.05, 4.69) is 11.4 Å². The van der Waals surface area contributed by atoms with Gasteiger partial charge in [0.2, 0.25) is 0 Å². The van der Waals surface area contributed by atoms with Gasteiger partial charge in [0.1, 0.15) is 6.10 Å². The third-order valence-electron chi connectivity index (χ3n) is 5.03. The Balaban J connectivity index is 3.58. The number of hydrogen-bond acceptors (Lipinski definition) is 7. The standard InChI is InChI=1S/C22H46NO7P/c1-2-3-4-5-6-7-8-9-10-11-12-13-14-15-16-22(25)30-21(19-24)20-29-31(26,27)28-18-17-23/h21,24H,2-20,23H2,1H3,(H,26,27). The molecule has 0 saturated carbocycles. The summed E-state index contributed by atoms with van der Waals surface area (Å²) in [6.07, 6.45) is 16.6. The van der Waals surface area contributed by atoms with Crippen LogP contribution >= 0.6 is 7.82 Å². The lowest BCUT2D eigenvalue weighted by molar-refractivity contribution is -0.153. The minimum atomic E-state index is -4.25. The third kappa shape index (κ3) is 21.1. The van der Waals surface area contributed by atoms with Crippen LogP contribution in [0.15, 0.2) is 0 Å². The van der Waals surface area contributed by atoms with Crippen molar-refractivity contribution in [3.05, 3.63) is 0 Å². The summed E-state index contributed by atoms with van der Waals surface area (Å²) in [5.74, 6) is -0.447. The van der Waals surface area contributed by atoms with Crippen LogP contribution < -0.4 is 5.73 Å². The zero-order valence-electron chi connectivity index (χ0n) is 19.5. The monoisotopic (exact) mass is 467 g/mol. The summed E-state index contributed by atoms with van der Waals surface area (Å²) in [7, 11) is -4.25. The lowest BCUT2D eigenvalue weighted by Crippen LogP contribution is -2.27. The molecule has 2 unspecified atom stereocenters. The zero-order chi connectivity index (χ0) is 23.2. The average Bonchev–Trinajstić information content (AvgIpc) is 2.75. The molecule has 0 aromatic rings. The van der Waals surface area contributed by atoms with Crippen LogP contribution in [0.2, 0.25) is 0 Å². The van der Waals surface area contributed by atoms with E-state index in [-0.39, 0.29) is 19.6 Å². The van der Waals surface area contributed by atoms with Gasteiger partial charge in [0.15, 0.2) is 0 Å². The van der Waals surface area contributed by atoms with Gasteiger partial charge in [0, 0.05) is 13.0 Å². The molecule has 31 heavy (non-hydrogen) atoms. The zero-order valence-corrected chi connectivity index (χ0v) is 20.4. The van der Waals surface area contributed by atoms with E-state index in [1.165, 1.54) is 70.6 Å². The predicted octanol–water partition coefficient (Wildman–Crippen LogP) is 4.85. The molecule has 9 heteroatoms. The molecule has 0 heterocycles. The van der Waals surface area contributed by atoms with Gasteiger partial charge in [-0.25, -0.2) is 4.57 Å². The molecule has 0 aromatic heterocycles. The molecule has 186 valence electrons. The molecule has 0 bridgehead atoms. The first-order valence-corrected chi connectivity index (χ1v) is 13.6. The molecule has 0 aliphatic carbocycles. The summed E-state index contributed by atoms with van der Waals surface area (Å²) in [4.78, 5) is 21.3. The quantitative estimate of drug-likeness (QED) is 0.110. The highest BCUT2D eigenvalue weighted by atomic mass is 31.2. The van der Waals surface area contributed by atoms with Crippen molar-refractivity contribution in [2.45, 2.75) is 109 Å². The van der Waals surface area contributed by atoms with E-state index in [9.17, 15) is 19.4 Å². The van der Waals surface area contributed by atoms with Crippen LogP contribution in [0, 0.1) is 0 Å². The van der Waals surface area contributed by atoms with Gasteiger partial charge in [-0.3, -0.25) is 13.8 Å². The number of esters is 1. The van der Waals surface area contributed by atoms with Gasteiger partial charge in [-0.2, -0.15) is 0 Å². The van der Waals surface area contributed by atoms with Crippen LogP contribution in [0.5, 0.6) is 0 Å². The number of ether oxygens (including phenoxy) is 1. The maximum Gasteiger partial charge on any atom is 0.472 e. The largest absolute Gasteiger partial charge is 0.472 e. The predicted molar refractivity (Wildman–Crippen MR) is 123 cm³/mol. The smallest absolute Gasteiger partial charge is 0.457 e. The molecule has 0 fully saturated rings. The number of nitrogens with two attached hydrogens (primary N) is 1. The van der Waals surface area contributed by atoms with Crippen molar-refractivity contribution in [2.75, 3.05) is 26.4 Å². The van der Waals surface area contributed by atoms with Crippen LogP contribution in [-0.4, -0.2) is 48.4 Å². The van der Waals surface area contributed by atoms with Crippen molar-refractivity contribution in [2.24, 2.45) is 5.73 Å². The van der Waals surface area contributed by atoms with Crippen LogP contribution in [0.4, 0.5) is 0 Å². The topological polar surface area (TPSA) is 128 Å². The molecule has 0 amide bonds. The van der Waals surface area contributed by atoms with Crippen molar-refractivity contribution in [1.82, 2.24) is 0 Å². The minimum absolute atomic E-state index is 0.0749. The van der Waals surface area contributed by atoms with Crippen LogP contribution in [0.1, 0.15) is 103 Å². The number of unbranched alkanes of at least 4 members (excludes halogenated alkanes) is 13. The molecular formula is C22H46NO7P. The van der Waals surface area contributed by atoms with E-state index in [0.717, 1.165) is 19.3 Å². The Morgan fingerprint density at radius 3 is 1.81 bits per heavy atom. The maximum absolute atomic E-state index is 11.9. The molecule has 0 aromatic carbocycles. The van der Waals surface area contributed by atoms with Gasteiger partial charge in [-0.15, -0.1) is 0 Å². The van der Waals surface area contributed by atoms with E-state index in [1.54, 1.807) is 0 Å². The van der Waals surface area contributed by atoms with Crippen molar-refractivity contribution in [3.8, 4) is 0 Å². The molecule has 2 atom stereocenters. The molecular weight excluding hydrogens is 421 g/mol. The number of aliphatic hydroxyl groups is 1. The van der Waals surface area contributed by atoms with Crippen molar-refractivity contribution in [1.29, 1.82) is 0 Å². The first kappa shape index (κ1) is 30.5. The fourth-order valence-corrected chi connectivity index (χ4v) is 3.98. The van der Waals surface area contributed by atoms with E-state index < -0.39 is 33.1 Å². The van der Waals surface area contributed by atoms with Gasteiger partial charge in [-0.1, -0.05) is 90.4 Å². The highest BCUT2D eigenvalue weighted by Gasteiger charge is 2.24. The van der Waals surface area contributed by atoms with Gasteiger partial charge >= 0.3 is 13.8 Å².